The summed E-state index contributed by atoms with van der Waals surface area (Å²) in [6.45, 7) is 7.03. The Balaban J connectivity index is 1.66. The van der Waals surface area contributed by atoms with E-state index in [-0.39, 0.29) is 62.8 Å². The van der Waals surface area contributed by atoms with E-state index in [0.717, 1.165) is 46.4 Å². The molecule has 2 aliphatic heterocycles. The first-order valence-corrected chi connectivity index (χ1v) is 34.8. The molecule has 2 saturated heterocycles. The number of nitrogens with zero attached hydrogens (tertiary/aromatic N) is 8. The predicted octanol–water partition coefficient (Wildman–Crippen LogP) is 5.36. The Morgan fingerprint density at radius 2 is 1.12 bits per heavy atom. The van der Waals surface area contributed by atoms with Crippen molar-refractivity contribution in [1.29, 1.82) is 0 Å². The first kappa shape index (κ1) is 83.9. The van der Waals surface area contributed by atoms with Crippen molar-refractivity contribution >= 4 is 82.5 Å². The van der Waals surface area contributed by atoms with Gasteiger partial charge in [0.2, 0.25) is 77.3 Å². The molecule has 1 unspecified atom stereocenters. The van der Waals surface area contributed by atoms with E-state index in [0.29, 0.717) is 48.5 Å². The van der Waals surface area contributed by atoms with Crippen LogP contribution in [0.1, 0.15) is 121 Å². The summed E-state index contributed by atoms with van der Waals surface area (Å²) >= 11 is 6.21. The zero-order valence-corrected chi connectivity index (χ0v) is 61.1. The fraction of sp³-hybridized carbons (Fsp3) is 0.583. The fourth-order valence-corrected chi connectivity index (χ4v) is 12.2. The number of carbonyl (C=O) groups excluding carboxylic acids is 12. The van der Waals surface area contributed by atoms with Crippen LogP contribution in [0, 0.1) is 11.8 Å². The van der Waals surface area contributed by atoms with Gasteiger partial charge < -0.3 is 60.5 Å². The van der Waals surface area contributed by atoms with Gasteiger partial charge in [0.1, 0.15) is 48.3 Å². The lowest BCUT2D eigenvalue weighted by atomic mass is 9.97. The Morgan fingerprint density at radius 3 is 1.70 bits per heavy atom. The van der Waals surface area contributed by atoms with Crippen molar-refractivity contribution in [2.75, 3.05) is 82.1 Å². The number of rotatable bonds is 17. The molecule has 0 aliphatic carbocycles. The van der Waals surface area contributed by atoms with Crippen LogP contribution in [0.25, 0.3) is 0 Å². The van der Waals surface area contributed by atoms with Gasteiger partial charge in [-0.3, -0.25) is 57.5 Å². The maximum atomic E-state index is 15.5. The van der Waals surface area contributed by atoms with Gasteiger partial charge in [0, 0.05) is 86.7 Å². The van der Waals surface area contributed by atoms with Crippen LogP contribution in [0.5, 0.6) is 0 Å². The highest BCUT2D eigenvalue weighted by atomic mass is 35.5. The van der Waals surface area contributed by atoms with Gasteiger partial charge in [0.25, 0.3) is 0 Å². The number of amides is 12. The second-order valence-electron chi connectivity index (χ2n) is 27.2. The van der Waals surface area contributed by atoms with E-state index in [1.54, 1.807) is 82.3 Å². The molecule has 3 aromatic carbocycles. The summed E-state index contributed by atoms with van der Waals surface area (Å²) < 4.78 is 68.6. The van der Waals surface area contributed by atoms with Crippen LogP contribution < -0.4 is 21.3 Å². The highest BCUT2D eigenvalue weighted by Crippen LogP contribution is 2.30. The third kappa shape index (κ3) is 24.5. The Labute approximate surface area is 599 Å². The van der Waals surface area contributed by atoms with Crippen LogP contribution in [0.15, 0.2) is 78.9 Å². The molecule has 562 valence electrons. The van der Waals surface area contributed by atoms with E-state index < -0.39 is 176 Å². The molecule has 5 rings (SSSR count). The fourth-order valence-electron chi connectivity index (χ4n) is 12.0. The lowest BCUT2D eigenvalue weighted by molar-refractivity contribution is -0.150. The maximum absolute atomic E-state index is 15.5. The zero-order chi connectivity index (χ0) is 76.0. The highest BCUT2D eigenvalue weighted by Gasteiger charge is 2.42. The largest absolute Gasteiger partial charge is 0.416 e. The van der Waals surface area contributed by atoms with Crippen LogP contribution >= 0.6 is 11.6 Å². The number of unbranched alkanes of at least 4 members (excludes halogenated alkanes) is 1. The minimum absolute atomic E-state index is 0.0251. The molecule has 9 atom stereocenters. The van der Waals surface area contributed by atoms with Crippen LogP contribution in [-0.4, -0.2) is 247 Å². The third-order valence-electron chi connectivity index (χ3n) is 19.0. The molecule has 2 fully saturated rings. The number of hydrogen-bond acceptors (Lipinski definition) is 12. The molecule has 4 N–H and O–H groups in total. The van der Waals surface area contributed by atoms with E-state index >= 15 is 14.4 Å². The summed E-state index contributed by atoms with van der Waals surface area (Å²) in [5.74, 6) is -10.6. The number of likely N-dealkylation sites (N-methyl/N-ethyl adjacent to an activating group) is 7. The molecule has 2 heterocycles. The molecular formula is C72H100ClF5N12O12. The van der Waals surface area contributed by atoms with Crippen molar-refractivity contribution in [2.24, 2.45) is 11.8 Å². The molecule has 0 radical (unpaired) electrons. The van der Waals surface area contributed by atoms with Crippen molar-refractivity contribution in [2.45, 2.75) is 179 Å². The number of likely N-dealkylation sites (tertiary alicyclic amines) is 1. The Morgan fingerprint density at radius 1 is 0.559 bits per heavy atom. The summed E-state index contributed by atoms with van der Waals surface area (Å²) in [6, 6.07) is 7.21. The standard InChI is InChI=1S/C72H100ClF5N12O12/c1-13-45(4)63-71(102)85(8)42-61(93)83(6)43-62(94)87(10)56(39-49-27-32-51(73)33-28-49)69(100)84(7)41-59(91)79-52(34-29-47-25-30-50(31-26-47)72(76,77)78)65(96)80-53(23-17-18-24-58(74)75)67(98)89(12)57(38-48-21-15-14-16-22-48)70(101)88(11)55(37-44(2)3)66(97)81-54(68(99)90-35-19-20-36-90)40-60(92)86(9)46(5)64(95)82-63/h14-16,21-22,25-28,30-33,44-46,52-58,63H,13,17-20,23-24,29,34-43H2,1-12H3,(H,79,91)(H,80,96)(H,81,97)(H,82,95)/t45-,46-,52-,53-,54?,55-,56-,57-,63-/m0/s1. The second kappa shape index (κ2) is 39.0. The molecule has 3 aromatic rings. The SMILES string of the molecule is CC[C@H](C)[C@@H]1NC(=O)[C@H](C)N(C)C(=O)CC(C(=O)N2CCCC2)NC(=O)[C@H](CC(C)C)N(C)C(=O)[C@H](Cc2ccccc2)N(C)C(=O)[C@H](CCCCC(F)F)NC(=O)[C@H](CCc2ccc(C(F)(F)F)cc2)NC(=O)CN(C)C(=O)[C@H](Cc2ccc(Cl)cc2)N(C)C(=O)CN(C)C(=O)CN(C)C1=O. The molecule has 0 aromatic heterocycles. The number of aryl methyl sites for hydroxylation is 1. The average Bonchev–Trinajstić information content (AvgIpc) is 0.870. The number of halogens is 6. The molecule has 2 aliphatic rings. The van der Waals surface area contributed by atoms with Crippen molar-refractivity contribution in [1.82, 2.24) is 60.5 Å². The number of hydrogen-bond donors (Lipinski definition) is 4. The topological polar surface area (TPSA) is 279 Å². The summed E-state index contributed by atoms with van der Waals surface area (Å²) in [7, 11) is 9.10. The molecule has 12 amide bonds. The molecule has 102 heavy (non-hydrogen) atoms. The minimum atomic E-state index is -4.69. The summed E-state index contributed by atoms with van der Waals surface area (Å²) in [6.07, 6.45) is -8.47. The van der Waals surface area contributed by atoms with Crippen LogP contribution in [0.3, 0.4) is 0 Å². The summed E-state index contributed by atoms with van der Waals surface area (Å²) in [5.41, 5.74) is 0.370. The normalized spacial score (nSPS) is 23.2. The monoisotopic (exact) mass is 1450 g/mol. The van der Waals surface area contributed by atoms with E-state index in [2.05, 4.69) is 21.3 Å². The zero-order valence-electron chi connectivity index (χ0n) is 60.3. The third-order valence-corrected chi connectivity index (χ3v) is 19.2. The minimum Gasteiger partial charge on any atom is -0.343 e. The van der Waals surface area contributed by atoms with Gasteiger partial charge >= 0.3 is 6.18 Å². The molecular weight excluding hydrogens is 1360 g/mol. The molecule has 24 nitrogen and oxygen atoms in total. The quantitative estimate of drug-likeness (QED) is 0.0982. The van der Waals surface area contributed by atoms with Gasteiger partial charge in [0.15, 0.2) is 0 Å². The van der Waals surface area contributed by atoms with E-state index in [1.807, 2.05) is 0 Å². The van der Waals surface area contributed by atoms with Gasteiger partial charge in [-0.15, -0.1) is 0 Å². The van der Waals surface area contributed by atoms with Crippen molar-refractivity contribution in [3.8, 4) is 0 Å². The second-order valence-corrected chi connectivity index (χ2v) is 27.6. The van der Waals surface area contributed by atoms with Crippen molar-refractivity contribution in [3.05, 3.63) is 106 Å². The van der Waals surface area contributed by atoms with Crippen molar-refractivity contribution < 1.29 is 79.5 Å². The lowest BCUT2D eigenvalue weighted by Crippen LogP contribution is -2.60. The lowest BCUT2D eigenvalue weighted by Gasteiger charge is -2.37. The average molecular weight is 1460 g/mol. The number of benzene rings is 3. The van der Waals surface area contributed by atoms with Crippen molar-refractivity contribution in [3.63, 3.8) is 0 Å². The van der Waals surface area contributed by atoms with Crippen LogP contribution in [0.2, 0.25) is 5.02 Å². The maximum Gasteiger partial charge on any atom is 0.416 e. The van der Waals surface area contributed by atoms with Gasteiger partial charge in [-0.25, -0.2) is 8.78 Å². The number of nitrogens with one attached hydrogen (secondary N) is 4. The summed E-state index contributed by atoms with van der Waals surface area (Å²) in [4.78, 5) is 185. The van der Waals surface area contributed by atoms with Crippen LogP contribution in [-0.2, 0) is 83.0 Å². The highest BCUT2D eigenvalue weighted by molar-refractivity contribution is 6.30. The van der Waals surface area contributed by atoms with Gasteiger partial charge in [-0.05, 0) is 105 Å². The van der Waals surface area contributed by atoms with Gasteiger partial charge in [0.05, 0.1) is 31.6 Å². The molecule has 0 saturated carbocycles. The van der Waals surface area contributed by atoms with E-state index in [9.17, 15) is 65.1 Å². The molecule has 0 spiro atoms. The summed E-state index contributed by atoms with van der Waals surface area (Å²) in [5, 5.41) is 11.1. The first-order chi connectivity index (χ1) is 47.9. The Kier molecular flexibility index (Phi) is 32.1. The first-order valence-electron chi connectivity index (χ1n) is 34.4. The van der Waals surface area contributed by atoms with E-state index in [4.69, 9.17) is 11.6 Å². The smallest absolute Gasteiger partial charge is 0.343 e. The number of carbonyl (C=O) groups is 12. The van der Waals surface area contributed by atoms with Crippen LogP contribution in [0.4, 0.5) is 22.0 Å². The van der Waals surface area contributed by atoms with E-state index in [1.165, 1.54) is 73.3 Å². The Hall–Kier alpha value is -8.76. The van der Waals surface area contributed by atoms with Gasteiger partial charge in [-0.2, -0.15) is 13.2 Å². The number of alkyl halides is 5. The van der Waals surface area contributed by atoms with Gasteiger partial charge in [-0.1, -0.05) is 107 Å². The predicted molar refractivity (Wildman–Crippen MR) is 371 cm³/mol. The molecule has 30 heteroatoms. The Bertz CT molecular complexity index is 3390. The molecule has 0 bridgehead atoms.